The number of carbonyl (C=O) groups is 1. The van der Waals surface area contributed by atoms with Gasteiger partial charge in [0, 0.05) is 30.6 Å². The SMILES string of the molecule is CCC(C)(CCO)NC(=O)CCc1ncc(-c2ccccc2)o1. The highest BCUT2D eigenvalue weighted by atomic mass is 16.4. The first-order valence-corrected chi connectivity index (χ1v) is 7.98. The molecule has 1 aromatic heterocycles. The number of carbonyl (C=O) groups excluding carboxylic acids is 1. The Morgan fingerprint density at radius 1 is 1.35 bits per heavy atom. The van der Waals surface area contributed by atoms with Gasteiger partial charge in [-0.1, -0.05) is 37.3 Å². The number of nitrogens with zero attached hydrogens (tertiary/aromatic N) is 1. The van der Waals surface area contributed by atoms with Crippen LogP contribution in [0.4, 0.5) is 0 Å². The van der Waals surface area contributed by atoms with Crippen molar-refractivity contribution in [1.29, 1.82) is 0 Å². The highest BCUT2D eigenvalue weighted by Gasteiger charge is 2.23. The molecule has 1 heterocycles. The van der Waals surface area contributed by atoms with Crippen molar-refractivity contribution in [2.45, 2.75) is 45.1 Å². The van der Waals surface area contributed by atoms with Crippen molar-refractivity contribution in [3.05, 3.63) is 42.4 Å². The number of aromatic nitrogens is 1. The molecule has 1 amide bonds. The van der Waals surface area contributed by atoms with E-state index in [0.717, 1.165) is 12.0 Å². The molecule has 1 aromatic carbocycles. The quantitative estimate of drug-likeness (QED) is 0.785. The summed E-state index contributed by atoms with van der Waals surface area (Å²) in [4.78, 5) is 16.3. The Kier molecular flexibility index (Phi) is 5.93. The molecule has 0 fully saturated rings. The van der Waals surface area contributed by atoms with Crippen LogP contribution in [0.1, 0.15) is 39.0 Å². The number of aryl methyl sites for hydroxylation is 1. The third kappa shape index (κ3) is 4.93. The maximum absolute atomic E-state index is 12.1. The van der Waals surface area contributed by atoms with Gasteiger partial charge in [0.1, 0.15) is 0 Å². The van der Waals surface area contributed by atoms with E-state index in [1.54, 1.807) is 6.20 Å². The number of benzene rings is 1. The first kappa shape index (κ1) is 17.2. The summed E-state index contributed by atoms with van der Waals surface area (Å²) >= 11 is 0. The summed E-state index contributed by atoms with van der Waals surface area (Å²) in [5, 5.41) is 12.1. The van der Waals surface area contributed by atoms with Crippen LogP contribution in [-0.2, 0) is 11.2 Å². The van der Waals surface area contributed by atoms with E-state index in [9.17, 15) is 4.79 Å². The van der Waals surface area contributed by atoms with Crippen LogP contribution in [0.5, 0.6) is 0 Å². The van der Waals surface area contributed by atoms with E-state index >= 15 is 0 Å². The number of amides is 1. The summed E-state index contributed by atoms with van der Waals surface area (Å²) < 4.78 is 5.69. The smallest absolute Gasteiger partial charge is 0.220 e. The fraction of sp³-hybridized carbons (Fsp3) is 0.444. The van der Waals surface area contributed by atoms with Gasteiger partial charge in [0.25, 0.3) is 0 Å². The van der Waals surface area contributed by atoms with E-state index in [-0.39, 0.29) is 18.1 Å². The van der Waals surface area contributed by atoms with Crippen molar-refractivity contribution >= 4 is 5.91 Å². The van der Waals surface area contributed by atoms with Crippen molar-refractivity contribution < 1.29 is 14.3 Å². The van der Waals surface area contributed by atoms with Gasteiger partial charge in [0.2, 0.25) is 5.91 Å². The van der Waals surface area contributed by atoms with Crippen molar-refractivity contribution in [3.63, 3.8) is 0 Å². The van der Waals surface area contributed by atoms with Crippen LogP contribution < -0.4 is 5.32 Å². The molecule has 2 rings (SSSR count). The van der Waals surface area contributed by atoms with Gasteiger partial charge >= 0.3 is 0 Å². The molecule has 1 unspecified atom stereocenters. The van der Waals surface area contributed by atoms with Gasteiger partial charge in [0.15, 0.2) is 11.7 Å². The minimum absolute atomic E-state index is 0.0535. The highest BCUT2D eigenvalue weighted by Crippen LogP contribution is 2.20. The summed E-state index contributed by atoms with van der Waals surface area (Å²) in [6.07, 6.45) is 3.78. The molecule has 0 saturated carbocycles. The summed E-state index contributed by atoms with van der Waals surface area (Å²) in [7, 11) is 0. The van der Waals surface area contributed by atoms with Crippen LogP contribution >= 0.6 is 0 Å². The molecule has 0 aliphatic carbocycles. The average molecular weight is 316 g/mol. The molecule has 0 aliphatic heterocycles. The monoisotopic (exact) mass is 316 g/mol. The van der Waals surface area contributed by atoms with Crippen molar-refractivity contribution in [2.75, 3.05) is 6.61 Å². The van der Waals surface area contributed by atoms with Crippen molar-refractivity contribution in [2.24, 2.45) is 0 Å². The van der Waals surface area contributed by atoms with Gasteiger partial charge in [0.05, 0.1) is 6.20 Å². The van der Waals surface area contributed by atoms with Gasteiger partial charge in [-0.25, -0.2) is 4.98 Å². The van der Waals surface area contributed by atoms with Crippen LogP contribution in [0, 0.1) is 0 Å². The predicted molar refractivity (Wildman–Crippen MR) is 88.8 cm³/mol. The zero-order valence-electron chi connectivity index (χ0n) is 13.7. The molecule has 0 spiro atoms. The lowest BCUT2D eigenvalue weighted by atomic mass is 9.94. The second kappa shape index (κ2) is 7.92. The van der Waals surface area contributed by atoms with Gasteiger partial charge in [-0.2, -0.15) is 0 Å². The number of aliphatic hydroxyl groups excluding tert-OH is 1. The Morgan fingerprint density at radius 2 is 2.09 bits per heavy atom. The molecule has 5 nitrogen and oxygen atoms in total. The lowest BCUT2D eigenvalue weighted by Crippen LogP contribution is -2.46. The number of oxazole rings is 1. The molecular formula is C18H24N2O3. The molecule has 5 heteroatoms. The topological polar surface area (TPSA) is 75.4 Å². The molecule has 23 heavy (non-hydrogen) atoms. The predicted octanol–water partition coefficient (Wildman–Crippen LogP) is 2.94. The Balaban J connectivity index is 1.89. The highest BCUT2D eigenvalue weighted by molar-refractivity contribution is 5.76. The minimum Gasteiger partial charge on any atom is -0.441 e. The molecule has 2 N–H and O–H groups in total. The fourth-order valence-electron chi connectivity index (χ4n) is 2.36. The average Bonchev–Trinajstić information content (AvgIpc) is 3.03. The fourth-order valence-corrected chi connectivity index (χ4v) is 2.36. The van der Waals surface area contributed by atoms with E-state index in [2.05, 4.69) is 10.3 Å². The van der Waals surface area contributed by atoms with E-state index in [4.69, 9.17) is 9.52 Å². The molecule has 124 valence electrons. The van der Waals surface area contributed by atoms with Crippen LogP contribution in [0.15, 0.2) is 40.9 Å². The number of rotatable bonds is 8. The normalized spacial score (nSPS) is 13.5. The van der Waals surface area contributed by atoms with Gasteiger partial charge in [-0.15, -0.1) is 0 Å². The molecule has 0 saturated heterocycles. The maximum atomic E-state index is 12.1. The standard InChI is InChI=1S/C18H24N2O3/c1-3-18(2,11-12-21)20-16(22)9-10-17-19-13-15(23-17)14-7-5-4-6-8-14/h4-8,13,21H,3,9-12H2,1-2H3,(H,20,22). The first-order chi connectivity index (χ1) is 11.1. The number of hydrogen-bond acceptors (Lipinski definition) is 4. The van der Waals surface area contributed by atoms with Crippen LogP contribution in [0.3, 0.4) is 0 Å². The van der Waals surface area contributed by atoms with Crippen LogP contribution in [0.2, 0.25) is 0 Å². The lowest BCUT2D eigenvalue weighted by Gasteiger charge is -2.28. The summed E-state index contributed by atoms with van der Waals surface area (Å²) in [6, 6.07) is 9.74. The Bertz CT molecular complexity index is 624. The molecule has 0 aliphatic rings. The second-order valence-corrected chi connectivity index (χ2v) is 5.92. The Morgan fingerprint density at radius 3 is 2.74 bits per heavy atom. The Hall–Kier alpha value is -2.14. The zero-order valence-corrected chi connectivity index (χ0v) is 13.7. The molecular weight excluding hydrogens is 292 g/mol. The zero-order chi connectivity index (χ0) is 16.7. The van der Waals surface area contributed by atoms with Gasteiger partial charge in [-0.05, 0) is 19.8 Å². The van der Waals surface area contributed by atoms with Gasteiger partial charge in [-0.3, -0.25) is 4.79 Å². The van der Waals surface area contributed by atoms with Crippen LogP contribution in [-0.4, -0.2) is 28.1 Å². The van der Waals surface area contributed by atoms with Crippen molar-refractivity contribution in [3.8, 4) is 11.3 Å². The number of nitrogens with one attached hydrogen (secondary N) is 1. The van der Waals surface area contributed by atoms with E-state index in [1.807, 2.05) is 44.2 Å². The van der Waals surface area contributed by atoms with Gasteiger partial charge < -0.3 is 14.8 Å². The van der Waals surface area contributed by atoms with Crippen LogP contribution in [0.25, 0.3) is 11.3 Å². The summed E-state index contributed by atoms with van der Waals surface area (Å²) in [5.41, 5.74) is 0.606. The number of aliphatic hydroxyl groups is 1. The Labute approximate surface area is 136 Å². The van der Waals surface area contributed by atoms with E-state index in [0.29, 0.717) is 30.9 Å². The molecule has 1 atom stereocenters. The van der Waals surface area contributed by atoms with Crippen molar-refractivity contribution in [1.82, 2.24) is 10.3 Å². The van der Waals surface area contributed by atoms with E-state index in [1.165, 1.54) is 0 Å². The second-order valence-electron chi connectivity index (χ2n) is 5.92. The summed E-state index contributed by atoms with van der Waals surface area (Å²) in [6.45, 7) is 4.00. The summed E-state index contributed by atoms with van der Waals surface area (Å²) in [5.74, 6) is 1.21. The lowest BCUT2D eigenvalue weighted by molar-refractivity contribution is -0.123. The van der Waals surface area contributed by atoms with E-state index < -0.39 is 0 Å². The third-order valence-corrected chi connectivity index (χ3v) is 4.06. The first-order valence-electron chi connectivity index (χ1n) is 7.98. The number of hydrogen-bond donors (Lipinski definition) is 2. The minimum atomic E-state index is -0.363. The molecule has 2 aromatic rings. The maximum Gasteiger partial charge on any atom is 0.220 e. The largest absolute Gasteiger partial charge is 0.441 e. The molecule has 0 radical (unpaired) electrons. The third-order valence-electron chi connectivity index (χ3n) is 4.06. The molecule has 0 bridgehead atoms.